The Morgan fingerprint density at radius 3 is 3.12 bits per heavy atom. The predicted molar refractivity (Wildman–Crippen MR) is 64.5 cm³/mol. The van der Waals surface area contributed by atoms with Crippen LogP contribution in [0.2, 0.25) is 0 Å². The Kier molecular flexibility index (Phi) is 3.40. The summed E-state index contributed by atoms with van der Waals surface area (Å²) in [4.78, 5) is 14.0. The summed E-state index contributed by atoms with van der Waals surface area (Å²) in [5, 5.41) is 12.1. The van der Waals surface area contributed by atoms with E-state index in [2.05, 4.69) is 18.3 Å². The zero-order chi connectivity index (χ0) is 12.3. The second-order valence-corrected chi connectivity index (χ2v) is 4.30. The normalized spacial score (nSPS) is 19.8. The molecule has 1 fully saturated rings. The molecule has 0 spiro atoms. The molecule has 1 amide bonds. The lowest BCUT2D eigenvalue weighted by molar-refractivity contribution is 0.0709. The van der Waals surface area contributed by atoms with Crippen molar-refractivity contribution in [1.29, 1.82) is 5.26 Å². The van der Waals surface area contributed by atoms with Gasteiger partial charge in [0.25, 0.3) is 5.91 Å². The van der Waals surface area contributed by atoms with Gasteiger partial charge in [-0.2, -0.15) is 5.26 Å². The molecule has 4 heteroatoms. The number of nitrogens with zero attached hydrogens (tertiary/aromatic N) is 2. The first kappa shape index (κ1) is 11.6. The molecule has 1 aromatic rings. The van der Waals surface area contributed by atoms with E-state index in [0.29, 0.717) is 17.2 Å². The summed E-state index contributed by atoms with van der Waals surface area (Å²) in [6.45, 7) is 4.32. The van der Waals surface area contributed by atoms with Crippen molar-refractivity contribution in [3.63, 3.8) is 0 Å². The Morgan fingerprint density at radius 2 is 2.41 bits per heavy atom. The van der Waals surface area contributed by atoms with Crippen molar-refractivity contribution < 1.29 is 4.79 Å². The van der Waals surface area contributed by atoms with E-state index in [1.807, 2.05) is 4.90 Å². The Bertz CT molecular complexity index is 464. The average Bonchev–Trinajstić information content (AvgIpc) is 2.38. The number of amides is 1. The predicted octanol–water partition coefficient (Wildman–Crippen LogP) is 0.992. The first-order valence-corrected chi connectivity index (χ1v) is 5.73. The third kappa shape index (κ3) is 2.63. The number of nitrogens with one attached hydrogen (secondary N) is 1. The highest BCUT2D eigenvalue weighted by molar-refractivity contribution is 5.94. The molecule has 1 heterocycles. The summed E-state index contributed by atoms with van der Waals surface area (Å²) in [6, 6.07) is 9.24. The minimum absolute atomic E-state index is 0.00968. The molecule has 0 aliphatic carbocycles. The van der Waals surface area contributed by atoms with Gasteiger partial charge in [0.05, 0.1) is 11.6 Å². The van der Waals surface area contributed by atoms with Crippen molar-refractivity contribution in [2.24, 2.45) is 0 Å². The van der Waals surface area contributed by atoms with Gasteiger partial charge in [-0.3, -0.25) is 4.79 Å². The minimum Gasteiger partial charge on any atom is -0.336 e. The third-order valence-corrected chi connectivity index (χ3v) is 2.89. The van der Waals surface area contributed by atoms with Crippen LogP contribution in [0.25, 0.3) is 0 Å². The smallest absolute Gasteiger partial charge is 0.253 e. The zero-order valence-corrected chi connectivity index (χ0v) is 9.81. The Morgan fingerprint density at radius 1 is 1.59 bits per heavy atom. The fourth-order valence-corrected chi connectivity index (χ4v) is 2.02. The van der Waals surface area contributed by atoms with Gasteiger partial charge >= 0.3 is 0 Å². The van der Waals surface area contributed by atoms with E-state index in [-0.39, 0.29) is 5.91 Å². The first-order chi connectivity index (χ1) is 8.20. The van der Waals surface area contributed by atoms with Crippen molar-refractivity contribution in [3.05, 3.63) is 35.4 Å². The van der Waals surface area contributed by atoms with Crippen LogP contribution in [-0.4, -0.2) is 36.5 Å². The maximum Gasteiger partial charge on any atom is 0.253 e. The van der Waals surface area contributed by atoms with Crippen LogP contribution < -0.4 is 5.32 Å². The number of hydrogen-bond acceptors (Lipinski definition) is 3. The van der Waals surface area contributed by atoms with Crippen molar-refractivity contribution in [3.8, 4) is 6.07 Å². The highest BCUT2D eigenvalue weighted by Gasteiger charge is 2.21. The van der Waals surface area contributed by atoms with E-state index in [9.17, 15) is 4.79 Å². The van der Waals surface area contributed by atoms with Crippen LogP contribution in [0, 0.1) is 11.3 Å². The maximum atomic E-state index is 12.2. The molecule has 0 aromatic heterocycles. The molecule has 2 rings (SSSR count). The molecule has 1 N–H and O–H groups in total. The van der Waals surface area contributed by atoms with Crippen molar-refractivity contribution in [1.82, 2.24) is 10.2 Å². The monoisotopic (exact) mass is 229 g/mol. The van der Waals surface area contributed by atoms with Crippen LogP contribution in [0.4, 0.5) is 0 Å². The topological polar surface area (TPSA) is 56.1 Å². The maximum absolute atomic E-state index is 12.2. The van der Waals surface area contributed by atoms with Gasteiger partial charge in [-0.15, -0.1) is 0 Å². The second-order valence-electron chi connectivity index (χ2n) is 4.30. The fourth-order valence-electron chi connectivity index (χ4n) is 2.02. The molecule has 0 saturated carbocycles. The van der Waals surface area contributed by atoms with Crippen LogP contribution >= 0.6 is 0 Å². The van der Waals surface area contributed by atoms with Crippen LogP contribution in [0.15, 0.2) is 24.3 Å². The Balaban J connectivity index is 2.16. The van der Waals surface area contributed by atoms with Crippen LogP contribution in [-0.2, 0) is 0 Å². The largest absolute Gasteiger partial charge is 0.336 e. The molecule has 0 bridgehead atoms. The van der Waals surface area contributed by atoms with Gasteiger partial charge in [-0.05, 0) is 25.1 Å². The summed E-state index contributed by atoms with van der Waals surface area (Å²) in [7, 11) is 0. The fraction of sp³-hybridized carbons (Fsp3) is 0.385. The standard InChI is InChI=1S/C13H15N3O/c1-10-9-16(6-5-15-10)13(17)12-4-2-3-11(7-12)8-14/h2-4,7,10,15H,5-6,9H2,1H3/t10-/m1/s1. The molecule has 0 unspecified atom stereocenters. The van der Waals surface area contributed by atoms with E-state index >= 15 is 0 Å². The van der Waals surface area contributed by atoms with Gasteiger partial charge < -0.3 is 10.2 Å². The van der Waals surface area contributed by atoms with E-state index in [1.54, 1.807) is 24.3 Å². The Labute approximate surface area is 101 Å². The molecule has 1 aromatic carbocycles. The SMILES string of the molecule is C[C@@H]1CN(C(=O)c2cccc(C#N)c2)CCN1. The number of benzene rings is 1. The molecular formula is C13H15N3O. The lowest BCUT2D eigenvalue weighted by Crippen LogP contribution is -2.51. The molecule has 1 aliphatic rings. The van der Waals surface area contributed by atoms with E-state index < -0.39 is 0 Å². The number of rotatable bonds is 1. The highest BCUT2D eigenvalue weighted by atomic mass is 16.2. The van der Waals surface area contributed by atoms with Crippen LogP contribution in [0.1, 0.15) is 22.8 Å². The number of piperazine rings is 1. The van der Waals surface area contributed by atoms with Gasteiger partial charge in [0, 0.05) is 31.2 Å². The zero-order valence-electron chi connectivity index (χ0n) is 9.81. The summed E-state index contributed by atoms with van der Waals surface area (Å²) >= 11 is 0. The second kappa shape index (κ2) is 4.98. The number of nitriles is 1. The first-order valence-electron chi connectivity index (χ1n) is 5.73. The summed E-state index contributed by atoms with van der Waals surface area (Å²) in [6.07, 6.45) is 0. The van der Waals surface area contributed by atoms with Crippen molar-refractivity contribution in [2.75, 3.05) is 19.6 Å². The van der Waals surface area contributed by atoms with Gasteiger partial charge in [-0.25, -0.2) is 0 Å². The summed E-state index contributed by atoms with van der Waals surface area (Å²) in [5.41, 5.74) is 1.12. The Hall–Kier alpha value is -1.86. The molecule has 88 valence electrons. The molecular weight excluding hydrogens is 214 g/mol. The third-order valence-electron chi connectivity index (χ3n) is 2.89. The molecule has 0 radical (unpaired) electrons. The summed E-state index contributed by atoms with van der Waals surface area (Å²) < 4.78 is 0. The average molecular weight is 229 g/mol. The van der Waals surface area contributed by atoms with E-state index in [4.69, 9.17) is 5.26 Å². The molecule has 4 nitrogen and oxygen atoms in total. The number of carbonyl (C=O) groups is 1. The van der Waals surface area contributed by atoms with Crippen molar-refractivity contribution >= 4 is 5.91 Å². The molecule has 1 atom stereocenters. The number of carbonyl (C=O) groups excluding carboxylic acids is 1. The molecule has 17 heavy (non-hydrogen) atoms. The van der Waals surface area contributed by atoms with Gasteiger partial charge in [-0.1, -0.05) is 6.07 Å². The quantitative estimate of drug-likeness (QED) is 0.781. The van der Waals surface area contributed by atoms with Crippen molar-refractivity contribution in [2.45, 2.75) is 13.0 Å². The van der Waals surface area contributed by atoms with E-state index in [1.165, 1.54) is 0 Å². The van der Waals surface area contributed by atoms with Crippen LogP contribution in [0.3, 0.4) is 0 Å². The lowest BCUT2D eigenvalue weighted by Gasteiger charge is -2.32. The van der Waals surface area contributed by atoms with E-state index in [0.717, 1.165) is 19.6 Å². The molecule has 1 saturated heterocycles. The van der Waals surface area contributed by atoms with Gasteiger partial charge in [0.15, 0.2) is 0 Å². The van der Waals surface area contributed by atoms with Crippen LogP contribution in [0.5, 0.6) is 0 Å². The number of hydrogen-bond donors (Lipinski definition) is 1. The minimum atomic E-state index is 0.00968. The molecule has 1 aliphatic heterocycles. The lowest BCUT2D eigenvalue weighted by atomic mass is 10.1. The summed E-state index contributed by atoms with van der Waals surface area (Å²) in [5.74, 6) is 0.00968. The highest BCUT2D eigenvalue weighted by Crippen LogP contribution is 2.10. The van der Waals surface area contributed by atoms with Gasteiger partial charge in [0.2, 0.25) is 0 Å². The van der Waals surface area contributed by atoms with Gasteiger partial charge in [0.1, 0.15) is 0 Å².